The van der Waals surface area contributed by atoms with E-state index in [0.717, 1.165) is 41.0 Å². The predicted octanol–water partition coefficient (Wildman–Crippen LogP) is 4.17. The first-order valence-electron chi connectivity index (χ1n) is 12.1. The second kappa shape index (κ2) is 10.6. The van der Waals surface area contributed by atoms with Crippen LogP contribution in [0.2, 0.25) is 0 Å². The van der Waals surface area contributed by atoms with Crippen molar-refractivity contribution in [3.05, 3.63) is 101 Å². The van der Waals surface area contributed by atoms with Crippen molar-refractivity contribution in [1.82, 2.24) is 10.7 Å². The molecule has 1 saturated heterocycles. The molecule has 0 radical (unpaired) electrons. The molecule has 180 valence electrons. The highest BCUT2D eigenvalue weighted by Crippen LogP contribution is 2.26. The summed E-state index contributed by atoms with van der Waals surface area (Å²) in [6.07, 6.45) is 1.92. The second-order valence-corrected chi connectivity index (χ2v) is 8.95. The van der Waals surface area contributed by atoms with E-state index < -0.39 is 6.04 Å². The number of rotatable bonds is 7. The van der Waals surface area contributed by atoms with Crippen LogP contribution < -0.4 is 15.6 Å². The molecule has 0 spiro atoms. The van der Waals surface area contributed by atoms with Gasteiger partial charge < -0.3 is 10.2 Å². The van der Waals surface area contributed by atoms with Gasteiger partial charge >= 0.3 is 5.91 Å². The van der Waals surface area contributed by atoms with Crippen molar-refractivity contribution in [1.29, 1.82) is 0 Å². The van der Waals surface area contributed by atoms with Gasteiger partial charge in [-0.15, -0.1) is 10.1 Å². The Morgan fingerprint density at radius 3 is 2.29 bits per heavy atom. The molecular formula is C29H33N4O2+. The number of carbonyl (C=O) groups excluding carboxylic acids is 2. The molecular weight excluding hydrogens is 436 g/mol. The maximum Gasteiger partial charge on any atom is 0.304 e. The van der Waals surface area contributed by atoms with E-state index in [-0.39, 0.29) is 17.9 Å². The van der Waals surface area contributed by atoms with E-state index in [1.807, 2.05) is 74.7 Å². The molecule has 3 aromatic rings. The van der Waals surface area contributed by atoms with Crippen molar-refractivity contribution in [3.63, 3.8) is 0 Å². The lowest BCUT2D eigenvalue weighted by Crippen LogP contribution is -2.42. The van der Waals surface area contributed by atoms with Gasteiger partial charge in [0, 0.05) is 35.5 Å². The number of anilines is 1. The molecule has 0 unspecified atom stereocenters. The average molecular weight is 470 g/mol. The molecule has 1 fully saturated rings. The molecule has 4 rings (SSSR count). The van der Waals surface area contributed by atoms with E-state index in [0.29, 0.717) is 5.56 Å². The summed E-state index contributed by atoms with van der Waals surface area (Å²) in [6, 6.07) is 22.6. The Bertz CT molecular complexity index is 1230. The van der Waals surface area contributed by atoms with Crippen LogP contribution in [-0.4, -0.2) is 41.8 Å². The lowest BCUT2D eigenvalue weighted by atomic mass is 9.98. The third-order valence-corrected chi connectivity index (χ3v) is 6.43. The van der Waals surface area contributed by atoms with Crippen molar-refractivity contribution >= 4 is 23.7 Å². The summed E-state index contributed by atoms with van der Waals surface area (Å²) < 4.78 is 1.81. The maximum atomic E-state index is 13.1. The number of hydrogen-bond acceptors (Lipinski definition) is 3. The zero-order chi connectivity index (χ0) is 24.9. The summed E-state index contributed by atoms with van der Waals surface area (Å²) in [4.78, 5) is 28.4. The van der Waals surface area contributed by atoms with E-state index in [2.05, 4.69) is 41.6 Å². The van der Waals surface area contributed by atoms with Crippen molar-refractivity contribution < 1.29 is 14.3 Å². The van der Waals surface area contributed by atoms with Crippen LogP contribution in [-0.2, 0) is 4.79 Å². The molecule has 0 aliphatic carbocycles. The van der Waals surface area contributed by atoms with Gasteiger partial charge in [0.05, 0.1) is 0 Å². The molecule has 0 aromatic heterocycles. The maximum absolute atomic E-state index is 13.1. The molecule has 2 N–H and O–H groups in total. The lowest BCUT2D eigenvalue weighted by Gasteiger charge is -2.20. The Morgan fingerprint density at radius 2 is 1.66 bits per heavy atom. The number of hydrazone groups is 1. The quantitative estimate of drug-likeness (QED) is 0.511. The Hall–Kier alpha value is -3.93. The van der Waals surface area contributed by atoms with Gasteiger partial charge in [-0.1, -0.05) is 47.5 Å². The number of amides is 2. The van der Waals surface area contributed by atoms with Crippen molar-refractivity contribution in [2.75, 3.05) is 18.0 Å². The predicted molar refractivity (Wildman–Crippen MR) is 140 cm³/mol. The summed E-state index contributed by atoms with van der Waals surface area (Å²) in [5.41, 5.74) is 8.69. The summed E-state index contributed by atoms with van der Waals surface area (Å²) in [7, 11) is 0. The van der Waals surface area contributed by atoms with Gasteiger partial charge in [0.15, 0.2) is 6.04 Å². The van der Waals surface area contributed by atoms with Gasteiger partial charge in [0.25, 0.3) is 5.91 Å². The fraction of sp³-hybridized carbons (Fsp3) is 0.276. The standard InChI is InChI=1S/C29H32N4O2/c1-5-32(6-2)25-16-12-22(13-17-25)19-33-27(23-14-10-20(3)11-15-23)26(29(35)31-33)30-28(34)24-9-7-8-21(4)18-24/h7-19,26-27H,5-6H2,1-4H3,(H-,30,31,34,35)/p+1/t26-,27-/m1/s1. The molecule has 6 nitrogen and oxygen atoms in total. The van der Waals surface area contributed by atoms with Crippen LogP contribution in [0.4, 0.5) is 5.69 Å². The summed E-state index contributed by atoms with van der Waals surface area (Å²) in [6.45, 7) is 10.1. The van der Waals surface area contributed by atoms with Crippen molar-refractivity contribution in [2.45, 2.75) is 39.8 Å². The zero-order valence-corrected chi connectivity index (χ0v) is 20.8. The first kappa shape index (κ1) is 24.2. The number of hydrazine groups is 1. The lowest BCUT2D eigenvalue weighted by molar-refractivity contribution is -0.596. The monoisotopic (exact) mass is 469 g/mol. The summed E-state index contributed by atoms with van der Waals surface area (Å²) >= 11 is 0. The van der Waals surface area contributed by atoms with Crippen LogP contribution in [0.15, 0.2) is 72.8 Å². The Labute approximate surface area is 207 Å². The van der Waals surface area contributed by atoms with Gasteiger partial charge in [-0.3, -0.25) is 9.59 Å². The first-order valence-corrected chi connectivity index (χ1v) is 12.1. The zero-order valence-electron chi connectivity index (χ0n) is 20.8. The average Bonchev–Trinajstić information content (AvgIpc) is 3.15. The number of aryl methyl sites for hydroxylation is 2. The molecule has 0 saturated carbocycles. The summed E-state index contributed by atoms with van der Waals surface area (Å²) in [5.74, 6) is -0.510. The smallest absolute Gasteiger partial charge is 0.304 e. The minimum atomic E-state index is -0.739. The van der Waals surface area contributed by atoms with Crippen LogP contribution in [0.5, 0.6) is 0 Å². The number of carbonyl (C=O) groups is 2. The Morgan fingerprint density at radius 1 is 0.971 bits per heavy atom. The minimum Gasteiger partial charge on any atom is -0.372 e. The largest absolute Gasteiger partial charge is 0.372 e. The third kappa shape index (κ3) is 5.43. The van der Waals surface area contributed by atoms with Gasteiger partial charge in [-0.25, -0.2) is 0 Å². The minimum absolute atomic E-state index is 0.243. The molecule has 35 heavy (non-hydrogen) atoms. The molecule has 2 atom stereocenters. The van der Waals surface area contributed by atoms with Crippen molar-refractivity contribution in [2.24, 2.45) is 0 Å². The molecule has 1 aliphatic heterocycles. The van der Waals surface area contributed by atoms with Gasteiger partial charge in [0.2, 0.25) is 12.3 Å². The number of nitrogens with zero attached hydrogens (tertiary/aromatic N) is 2. The second-order valence-electron chi connectivity index (χ2n) is 8.95. The van der Waals surface area contributed by atoms with E-state index in [1.165, 1.54) is 0 Å². The van der Waals surface area contributed by atoms with E-state index in [9.17, 15) is 9.59 Å². The summed E-state index contributed by atoms with van der Waals surface area (Å²) in [5, 5.41) is 2.97. The highest BCUT2D eigenvalue weighted by molar-refractivity contribution is 5.98. The van der Waals surface area contributed by atoms with Crippen LogP contribution in [0.25, 0.3) is 0 Å². The highest BCUT2D eigenvalue weighted by Gasteiger charge is 2.47. The van der Waals surface area contributed by atoms with Crippen LogP contribution >= 0.6 is 0 Å². The number of benzene rings is 3. The molecule has 0 bridgehead atoms. The van der Waals surface area contributed by atoms with Crippen LogP contribution in [0.3, 0.4) is 0 Å². The fourth-order valence-corrected chi connectivity index (χ4v) is 4.48. The van der Waals surface area contributed by atoms with Gasteiger partial charge in [0.1, 0.15) is 0 Å². The normalized spacial score (nSPS) is 18.4. The Balaban J connectivity index is 1.67. The van der Waals surface area contributed by atoms with Crippen LogP contribution in [0.1, 0.15) is 52.5 Å². The van der Waals surface area contributed by atoms with Gasteiger partial charge in [-0.2, -0.15) is 0 Å². The highest BCUT2D eigenvalue weighted by atomic mass is 16.2. The van der Waals surface area contributed by atoms with E-state index in [4.69, 9.17) is 0 Å². The third-order valence-electron chi connectivity index (χ3n) is 6.43. The molecule has 6 heteroatoms. The van der Waals surface area contributed by atoms with E-state index >= 15 is 0 Å². The van der Waals surface area contributed by atoms with E-state index in [1.54, 1.807) is 10.8 Å². The number of hydrogen-bond donors (Lipinski definition) is 2. The Kier molecular flexibility index (Phi) is 7.30. The SMILES string of the molecule is CCN(CC)c1ccc(/C=[N+]2\NC(=O)[C@H](NC(=O)c3cccc(C)c3)[C@H]2c2ccc(C)cc2)cc1. The topological polar surface area (TPSA) is 64.5 Å². The van der Waals surface area contributed by atoms with Gasteiger partial charge in [-0.05, 0) is 64.1 Å². The first-order chi connectivity index (χ1) is 16.9. The molecule has 1 heterocycles. The molecule has 2 amide bonds. The fourth-order valence-electron chi connectivity index (χ4n) is 4.48. The van der Waals surface area contributed by atoms with Crippen molar-refractivity contribution in [3.8, 4) is 0 Å². The van der Waals surface area contributed by atoms with Crippen LogP contribution in [0, 0.1) is 13.8 Å². The number of nitrogens with one attached hydrogen (secondary N) is 2. The molecule has 1 aliphatic rings. The molecule has 3 aromatic carbocycles.